The number of ether oxygens (including phenoxy) is 2. The fourth-order valence-corrected chi connectivity index (χ4v) is 4.68. The molecule has 1 spiro atoms. The van der Waals surface area contributed by atoms with Crippen LogP contribution in [0.4, 0.5) is 0 Å². The predicted molar refractivity (Wildman–Crippen MR) is 125 cm³/mol. The van der Waals surface area contributed by atoms with Crippen LogP contribution in [0.1, 0.15) is 65.0 Å². The number of rotatable bonds is 4. The molecule has 0 bridgehead atoms. The van der Waals surface area contributed by atoms with Crippen molar-refractivity contribution in [3.8, 4) is 11.5 Å². The third-order valence-electron chi connectivity index (χ3n) is 6.38. The van der Waals surface area contributed by atoms with Gasteiger partial charge in [0, 0.05) is 36.5 Å². The first kappa shape index (κ1) is 22.7. The van der Waals surface area contributed by atoms with E-state index in [2.05, 4.69) is 13.8 Å². The highest BCUT2D eigenvalue weighted by atomic mass is 35.5. The van der Waals surface area contributed by atoms with Crippen LogP contribution in [0.2, 0.25) is 5.02 Å². The topological polar surface area (TPSA) is 55.8 Å². The van der Waals surface area contributed by atoms with Gasteiger partial charge in [-0.05, 0) is 61.2 Å². The molecule has 1 fully saturated rings. The third-order valence-corrected chi connectivity index (χ3v) is 6.96. The molecule has 2 aromatic carbocycles. The maximum absolute atomic E-state index is 13.0. The number of carbonyl (C=O) groups excluding carboxylic acids is 2. The van der Waals surface area contributed by atoms with Gasteiger partial charge in [0.1, 0.15) is 17.1 Å². The van der Waals surface area contributed by atoms with Crippen LogP contribution < -0.4 is 9.47 Å². The van der Waals surface area contributed by atoms with Crippen LogP contribution >= 0.6 is 11.6 Å². The minimum absolute atomic E-state index is 0.00346. The number of amides is 1. The molecule has 0 atom stereocenters. The molecular weight excluding hydrogens is 426 g/mol. The highest BCUT2D eigenvalue weighted by molar-refractivity contribution is 6.32. The summed E-state index contributed by atoms with van der Waals surface area (Å²) in [5.74, 6) is 1.91. The Kier molecular flexibility index (Phi) is 6.22. The summed E-state index contributed by atoms with van der Waals surface area (Å²) >= 11 is 6.35. The Labute approximate surface area is 194 Å². The molecule has 4 rings (SSSR count). The van der Waals surface area contributed by atoms with E-state index < -0.39 is 5.60 Å². The maximum atomic E-state index is 13.0. The molecule has 0 unspecified atom stereocenters. The van der Waals surface area contributed by atoms with Gasteiger partial charge in [-0.15, -0.1) is 0 Å². The monoisotopic (exact) mass is 455 g/mol. The van der Waals surface area contributed by atoms with Crippen molar-refractivity contribution in [2.75, 3.05) is 19.7 Å². The van der Waals surface area contributed by atoms with E-state index in [0.717, 1.165) is 16.9 Å². The van der Waals surface area contributed by atoms with E-state index in [1.54, 1.807) is 0 Å². The molecule has 0 aromatic heterocycles. The quantitative estimate of drug-likeness (QED) is 0.599. The number of nitrogens with zero attached hydrogens (tertiary/aromatic N) is 1. The van der Waals surface area contributed by atoms with Crippen molar-refractivity contribution < 1.29 is 19.1 Å². The fraction of sp³-hybridized carbons (Fsp3) is 0.462. The molecule has 0 radical (unpaired) electrons. The number of ketones is 1. The van der Waals surface area contributed by atoms with Gasteiger partial charge < -0.3 is 14.4 Å². The first-order valence-corrected chi connectivity index (χ1v) is 11.6. The second-order valence-corrected chi connectivity index (χ2v) is 9.79. The predicted octanol–water partition coefficient (Wildman–Crippen LogP) is 5.63. The molecule has 5 nitrogen and oxygen atoms in total. The lowest BCUT2D eigenvalue weighted by Gasteiger charge is -2.44. The summed E-state index contributed by atoms with van der Waals surface area (Å²) in [7, 11) is 0. The van der Waals surface area contributed by atoms with Crippen molar-refractivity contribution in [2.45, 2.75) is 52.6 Å². The molecule has 0 saturated carbocycles. The van der Waals surface area contributed by atoms with Gasteiger partial charge in [0.15, 0.2) is 5.78 Å². The van der Waals surface area contributed by atoms with Crippen molar-refractivity contribution >= 4 is 23.3 Å². The third kappa shape index (κ3) is 4.36. The minimum atomic E-state index is -0.553. The van der Waals surface area contributed by atoms with E-state index in [1.165, 1.54) is 0 Å². The Bertz CT molecular complexity index is 1040. The Hall–Kier alpha value is -2.53. The number of likely N-dealkylation sites (tertiary alicyclic amines) is 1. The number of piperidine rings is 1. The average Bonchev–Trinajstić information content (AvgIpc) is 2.76. The Balaban J connectivity index is 1.43. The SMILES string of the molecule is Cc1cc2c(c(C)c1Cl)C(=O)CC1(CCN(C(=O)c3ccc(OCC(C)C)cc3)CC1)O2. The van der Waals surface area contributed by atoms with Gasteiger partial charge in [-0.3, -0.25) is 9.59 Å². The van der Waals surface area contributed by atoms with E-state index in [1.807, 2.05) is 49.1 Å². The molecule has 32 heavy (non-hydrogen) atoms. The van der Waals surface area contributed by atoms with Crippen LogP contribution in [0.5, 0.6) is 11.5 Å². The maximum Gasteiger partial charge on any atom is 0.253 e. The van der Waals surface area contributed by atoms with Crippen molar-refractivity contribution in [1.82, 2.24) is 4.90 Å². The van der Waals surface area contributed by atoms with E-state index in [4.69, 9.17) is 21.1 Å². The lowest BCUT2D eigenvalue weighted by Crippen LogP contribution is -2.52. The number of fused-ring (bicyclic) bond motifs is 1. The lowest BCUT2D eigenvalue weighted by molar-refractivity contribution is -0.00580. The number of hydrogen-bond donors (Lipinski definition) is 0. The standard InChI is InChI=1S/C26H30ClNO4/c1-16(2)15-31-20-7-5-19(6-8-20)25(30)28-11-9-26(10-12-28)14-21(29)23-18(4)24(27)17(3)13-22(23)32-26/h5-8,13,16H,9-12,14-15H2,1-4H3. The van der Waals surface area contributed by atoms with Gasteiger partial charge in [-0.1, -0.05) is 25.4 Å². The molecule has 170 valence electrons. The molecule has 0 N–H and O–H groups in total. The molecule has 2 aliphatic rings. The molecule has 2 heterocycles. The summed E-state index contributed by atoms with van der Waals surface area (Å²) in [4.78, 5) is 27.8. The molecule has 6 heteroatoms. The first-order valence-electron chi connectivity index (χ1n) is 11.2. The van der Waals surface area contributed by atoms with Crippen LogP contribution in [-0.2, 0) is 0 Å². The van der Waals surface area contributed by atoms with Gasteiger partial charge in [-0.25, -0.2) is 0 Å². The largest absolute Gasteiger partial charge is 0.493 e. The summed E-state index contributed by atoms with van der Waals surface area (Å²) in [5, 5.41) is 0.623. The number of carbonyl (C=O) groups is 2. The zero-order valence-corrected chi connectivity index (χ0v) is 19.9. The Morgan fingerprint density at radius 3 is 2.47 bits per heavy atom. The van der Waals surface area contributed by atoms with E-state index in [0.29, 0.717) is 66.8 Å². The zero-order valence-electron chi connectivity index (χ0n) is 19.2. The average molecular weight is 456 g/mol. The normalized spacial score (nSPS) is 17.3. The summed E-state index contributed by atoms with van der Waals surface area (Å²) < 4.78 is 12.1. The molecule has 2 aliphatic heterocycles. The zero-order chi connectivity index (χ0) is 23.0. The van der Waals surface area contributed by atoms with Crippen molar-refractivity contribution in [1.29, 1.82) is 0 Å². The number of benzene rings is 2. The van der Waals surface area contributed by atoms with Gasteiger partial charge in [0.25, 0.3) is 5.91 Å². The van der Waals surface area contributed by atoms with Crippen LogP contribution in [-0.4, -0.2) is 41.9 Å². The van der Waals surface area contributed by atoms with Crippen molar-refractivity contribution in [3.63, 3.8) is 0 Å². The van der Waals surface area contributed by atoms with Crippen LogP contribution in [0.25, 0.3) is 0 Å². The van der Waals surface area contributed by atoms with Crippen LogP contribution in [0.15, 0.2) is 30.3 Å². The van der Waals surface area contributed by atoms with Crippen LogP contribution in [0, 0.1) is 19.8 Å². The highest BCUT2D eigenvalue weighted by Gasteiger charge is 2.44. The molecular formula is C26H30ClNO4. The molecule has 1 amide bonds. The molecule has 1 saturated heterocycles. The second kappa shape index (κ2) is 8.78. The fourth-order valence-electron chi connectivity index (χ4n) is 4.54. The van der Waals surface area contributed by atoms with Gasteiger partial charge in [-0.2, -0.15) is 0 Å². The van der Waals surface area contributed by atoms with E-state index >= 15 is 0 Å². The Morgan fingerprint density at radius 1 is 1.19 bits per heavy atom. The number of aryl methyl sites for hydroxylation is 1. The summed E-state index contributed by atoms with van der Waals surface area (Å²) in [6, 6.07) is 9.18. The number of halogens is 1. The van der Waals surface area contributed by atoms with Gasteiger partial charge in [0.05, 0.1) is 18.6 Å². The lowest BCUT2D eigenvalue weighted by atomic mass is 9.81. The minimum Gasteiger partial charge on any atom is -0.493 e. The van der Waals surface area contributed by atoms with Crippen LogP contribution in [0.3, 0.4) is 0 Å². The van der Waals surface area contributed by atoms with Gasteiger partial charge in [0.2, 0.25) is 0 Å². The number of Topliss-reactive ketones (excluding diaryl/α,β-unsaturated/α-hetero) is 1. The van der Waals surface area contributed by atoms with Crippen molar-refractivity contribution in [2.24, 2.45) is 5.92 Å². The smallest absolute Gasteiger partial charge is 0.253 e. The summed E-state index contributed by atoms with van der Waals surface area (Å²) in [6.45, 7) is 9.74. The van der Waals surface area contributed by atoms with Gasteiger partial charge >= 0.3 is 0 Å². The van der Waals surface area contributed by atoms with Crippen molar-refractivity contribution in [3.05, 3.63) is 57.6 Å². The number of hydrogen-bond acceptors (Lipinski definition) is 4. The highest BCUT2D eigenvalue weighted by Crippen LogP contribution is 2.43. The molecule has 0 aliphatic carbocycles. The van der Waals surface area contributed by atoms with E-state index in [9.17, 15) is 9.59 Å². The molecule has 2 aromatic rings. The summed E-state index contributed by atoms with van der Waals surface area (Å²) in [6.07, 6.45) is 1.57. The van der Waals surface area contributed by atoms with E-state index in [-0.39, 0.29) is 11.7 Å². The first-order chi connectivity index (χ1) is 15.2. The summed E-state index contributed by atoms with van der Waals surface area (Å²) in [5.41, 5.74) is 2.38. The second-order valence-electron chi connectivity index (χ2n) is 9.41. The Morgan fingerprint density at radius 2 is 1.84 bits per heavy atom.